The Morgan fingerprint density at radius 1 is 0.671 bits per heavy atom. The Bertz CT molecular complexity index is 2160. The Hall–Kier alpha value is -7.03. The number of nitrogens with one attached hydrogen (secondary N) is 8. The van der Waals surface area contributed by atoms with Crippen molar-refractivity contribution in [2.24, 2.45) is 34.8 Å². The monoisotopic (exact) mass is 1050 g/mol. The number of rotatable bonds is 30. The number of amides is 12. The van der Waals surface area contributed by atoms with Gasteiger partial charge in [0.2, 0.25) is 70.9 Å². The van der Waals surface area contributed by atoms with E-state index in [9.17, 15) is 62.6 Å². The van der Waals surface area contributed by atoms with Crippen LogP contribution in [0.4, 0.5) is 0 Å². The van der Waals surface area contributed by atoms with Crippen LogP contribution in [0, 0.1) is 11.8 Å². The van der Waals surface area contributed by atoms with Crippen LogP contribution in [0.5, 0.6) is 5.75 Å². The van der Waals surface area contributed by atoms with E-state index >= 15 is 0 Å². The van der Waals surface area contributed by atoms with E-state index in [1.807, 2.05) is 13.8 Å². The zero-order valence-electron chi connectivity index (χ0n) is 42.0. The molecule has 1 aromatic carbocycles. The number of benzene rings is 1. The summed E-state index contributed by atoms with van der Waals surface area (Å²) in [7, 11) is 0. The third-order valence-corrected chi connectivity index (χ3v) is 12.1. The highest BCUT2D eigenvalue weighted by molar-refractivity contribution is 7.80. The molecule has 1 heterocycles. The van der Waals surface area contributed by atoms with Crippen molar-refractivity contribution in [1.82, 2.24) is 47.4 Å². The molecule has 0 unspecified atom stereocenters. The van der Waals surface area contributed by atoms with Crippen LogP contribution in [0.3, 0.4) is 0 Å². The van der Waals surface area contributed by atoms with Crippen LogP contribution < -0.4 is 65.5 Å². The van der Waals surface area contributed by atoms with Crippen LogP contribution in [-0.4, -0.2) is 154 Å². The van der Waals surface area contributed by atoms with Gasteiger partial charge in [-0.25, -0.2) is 0 Å². The van der Waals surface area contributed by atoms with Gasteiger partial charge in [0, 0.05) is 25.1 Å². The predicted octanol–water partition coefficient (Wildman–Crippen LogP) is -4.55. The van der Waals surface area contributed by atoms with E-state index in [1.165, 1.54) is 43.0 Å². The molecule has 1 saturated heterocycles. The molecule has 0 bridgehead atoms. The molecule has 0 radical (unpaired) electrons. The number of phenolic OH excluding ortho intramolecular Hbond substituents is 1. The van der Waals surface area contributed by atoms with Crippen molar-refractivity contribution >= 4 is 83.5 Å². The molecule has 27 heteroatoms. The van der Waals surface area contributed by atoms with Gasteiger partial charge in [-0.1, -0.05) is 46.2 Å². The van der Waals surface area contributed by atoms with Gasteiger partial charge in [-0.2, -0.15) is 12.6 Å². The van der Waals surface area contributed by atoms with Gasteiger partial charge in [0.15, 0.2) is 0 Å². The number of nitrogens with two attached hydrogens (primary N) is 4. The molecule has 406 valence electrons. The lowest BCUT2D eigenvalue weighted by Crippen LogP contribution is -2.61. The summed E-state index contributed by atoms with van der Waals surface area (Å²) in [6.45, 7) is 9.30. The Morgan fingerprint density at radius 2 is 1.25 bits per heavy atom. The summed E-state index contributed by atoms with van der Waals surface area (Å²) in [5, 5.41) is 29.6. The van der Waals surface area contributed by atoms with Crippen LogP contribution >= 0.6 is 12.6 Å². The molecule has 1 aliphatic rings. The van der Waals surface area contributed by atoms with Gasteiger partial charge in [0.1, 0.15) is 54.1 Å². The maximum atomic E-state index is 14.0. The van der Waals surface area contributed by atoms with E-state index in [4.69, 9.17) is 22.9 Å². The summed E-state index contributed by atoms with van der Waals surface area (Å²) in [6, 6.07) is -6.03. The first-order chi connectivity index (χ1) is 34.2. The average molecular weight is 1050 g/mol. The summed E-state index contributed by atoms with van der Waals surface area (Å²) < 4.78 is 0. The SMILES string of the molecule is CC[C@H](C)[C@H](NC(=O)[C@H](Cc1ccc(O)cc1)NC(=O)[C@H](C)N)C(=O)N[C@@H](CCC(N)=O)C(=O)N[C@@H](CC(N)=O)C(=O)N[C@@H](C)C(=O)N[C@@H](CS)C(=O)N1CCC[C@H]1C(=O)N[C@@H](CC(C)C)C(=O)NCC(N)=O. The number of primary amides is 3. The topological polar surface area (TPSA) is 429 Å². The Kier molecular flexibility index (Phi) is 25.6. The molecule has 12 amide bonds. The Labute approximate surface area is 428 Å². The molecule has 1 aliphatic heterocycles. The van der Waals surface area contributed by atoms with Crippen LogP contribution in [0.15, 0.2) is 24.3 Å². The molecule has 0 saturated carbocycles. The van der Waals surface area contributed by atoms with E-state index in [1.54, 1.807) is 13.8 Å². The van der Waals surface area contributed by atoms with Crippen LogP contribution in [-0.2, 0) is 64.0 Å². The van der Waals surface area contributed by atoms with E-state index in [-0.39, 0.29) is 43.2 Å². The van der Waals surface area contributed by atoms with Gasteiger partial charge in [-0.3, -0.25) is 57.5 Å². The van der Waals surface area contributed by atoms with Gasteiger partial charge in [0.05, 0.1) is 19.0 Å². The number of likely N-dealkylation sites (tertiary alicyclic amines) is 1. The highest BCUT2D eigenvalue weighted by Gasteiger charge is 2.40. The highest BCUT2D eigenvalue weighted by Crippen LogP contribution is 2.20. The van der Waals surface area contributed by atoms with E-state index in [0.717, 1.165) is 0 Å². The second kappa shape index (κ2) is 30.1. The number of hydrogen-bond acceptors (Lipinski definition) is 15. The molecule has 2 rings (SSSR count). The normalized spacial score (nSPS) is 16.8. The summed E-state index contributed by atoms with van der Waals surface area (Å²) >= 11 is 4.23. The smallest absolute Gasteiger partial charge is 0.246 e. The van der Waals surface area contributed by atoms with Crippen molar-refractivity contribution in [3.05, 3.63) is 29.8 Å². The first-order valence-corrected chi connectivity index (χ1v) is 24.5. The number of carbonyl (C=O) groups excluding carboxylic acids is 12. The standard InChI is InChI=1S/C46H73N13O13S/c1-7-23(4)37(58-43(69)30(54-38(64)24(5)47)18-26-10-12-27(60)13-11-26)45(71)53-28(14-15-34(48)61)41(67)55-31(19-35(49)62)42(68)52-25(6)39(65)57-32(21-73)46(72)59-16-8-9-33(59)44(70)56-29(17-22(2)3)40(66)51-20-36(50)63/h10-13,22-25,28-33,37,60,73H,7-9,14-21,47H2,1-6H3,(H2,48,61)(H2,49,62)(H2,50,63)(H,51,66)(H,52,68)(H,53,71)(H,54,64)(H,55,67)(H,56,70)(H,57,65)(H,58,69)/t23-,24-,25-,28-,29-,30-,31-,32-,33-,37-/m0/s1. The number of thiol groups is 1. The molecular formula is C46H73N13O13S. The minimum Gasteiger partial charge on any atom is -0.508 e. The number of phenols is 1. The molecule has 17 N–H and O–H groups in total. The maximum absolute atomic E-state index is 14.0. The second-order valence-corrected chi connectivity index (χ2v) is 18.8. The first kappa shape index (κ1) is 62.1. The van der Waals surface area contributed by atoms with Crippen molar-refractivity contribution in [3.8, 4) is 5.75 Å². The molecule has 0 aliphatic carbocycles. The number of hydrogen-bond donors (Lipinski definition) is 14. The van der Waals surface area contributed by atoms with Gasteiger partial charge >= 0.3 is 0 Å². The van der Waals surface area contributed by atoms with Gasteiger partial charge in [0.25, 0.3) is 0 Å². The summed E-state index contributed by atoms with van der Waals surface area (Å²) in [5.74, 6) is -11.2. The van der Waals surface area contributed by atoms with Crippen molar-refractivity contribution in [2.45, 2.75) is 147 Å². The lowest BCUT2D eigenvalue weighted by atomic mass is 9.96. The second-order valence-electron chi connectivity index (χ2n) is 18.4. The largest absolute Gasteiger partial charge is 0.508 e. The summed E-state index contributed by atoms with van der Waals surface area (Å²) in [6.07, 6.45) is -0.617. The van der Waals surface area contributed by atoms with Crippen molar-refractivity contribution < 1.29 is 62.6 Å². The lowest BCUT2D eigenvalue weighted by Gasteiger charge is -2.30. The zero-order valence-corrected chi connectivity index (χ0v) is 42.9. The third-order valence-electron chi connectivity index (χ3n) is 11.7. The zero-order chi connectivity index (χ0) is 55.3. The van der Waals surface area contributed by atoms with Crippen LogP contribution in [0.25, 0.3) is 0 Å². The molecule has 26 nitrogen and oxygen atoms in total. The van der Waals surface area contributed by atoms with Crippen LogP contribution in [0.1, 0.15) is 92.1 Å². The average Bonchev–Trinajstić information content (AvgIpc) is 3.82. The van der Waals surface area contributed by atoms with E-state index in [2.05, 4.69) is 55.2 Å². The van der Waals surface area contributed by atoms with Crippen molar-refractivity contribution in [2.75, 3.05) is 18.8 Å². The number of carbonyl (C=O) groups is 12. The highest BCUT2D eigenvalue weighted by atomic mass is 32.1. The quantitative estimate of drug-likeness (QED) is 0.0323. The third kappa shape index (κ3) is 20.9. The van der Waals surface area contributed by atoms with Crippen molar-refractivity contribution in [3.63, 3.8) is 0 Å². The molecule has 10 atom stereocenters. The Balaban J connectivity index is 2.26. The Morgan fingerprint density at radius 3 is 1.79 bits per heavy atom. The fraction of sp³-hybridized carbons (Fsp3) is 0.609. The molecule has 0 spiro atoms. The molecule has 73 heavy (non-hydrogen) atoms. The van der Waals surface area contributed by atoms with Gasteiger partial charge in [-0.15, -0.1) is 0 Å². The van der Waals surface area contributed by atoms with E-state index in [0.29, 0.717) is 18.4 Å². The van der Waals surface area contributed by atoms with Gasteiger partial charge in [-0.05, 0) is 69.1 Å². The molecular weight excluding hydrogens is 975 g/mol. The van der Waals surface area contributed by atoms with Crippen molar-refractivity contribution in [1.29, 1.82) is 0 Å². The first-order valence-electron chi connectivity index (χ1n) is 23.9. The fourth-order valence-corrected chi connectivity index (χ4v) is 7.72. The lowest BCUT2D eigenvalue weighted by molar-refractivity contribution is -0.142. The predicted molar refractivity (Wildman–Crippen MR) is 267 cm³/mol. The summed E-state index contributed by atoms with van der Waals surface area (Å²) in [5.41, 5.74) is 22.2. The molecule has 1 aromatic rings. The maximum Gasteiger partial charge on any atom is 0.246 e. The number of nitrogens with zero attached hydrogens (tertiary/aromatic N) is 1. The van der Waals surface area contributed by atoms with Crippen LogP contribution in [0.2, 0.25) is 0 Å². The fourth-order valence-electron chi connectivity index (χ4n) is 7.47. The number of aromatic hydroxyl groups is 1. The summed E-state index contributed by atoms with van der Waals surface area (Å²) in [4.78, 5) is 158. The minimum absolute atomic E-state index is 0.0405. The molecule has 0 aromatic heterocycles. The van der Waals surface area contributed by atoms with Gasteiger partial charge < -0.3 is 75.5 Å². The minimum atomic E-state index is -1.77. The van der Waals surface area contributed by atoms with E-state index < -0.39 is 157 Å². The molecule has 1 fully saturated rings.